The van der Waals surface area contributed by atoms with Crippen molar-refractivity contribution in [3.63, 3.8) is 0 Å². The molecule has 1 aromatic carbocycles. The molecule has 18 heavy (non-hydrogen) atoms. The van der Waals surface area contributed by atoms with E-state index in [1.807, 2.05) is 19.1 Å². The molecule has 4 nitrogen and oxygen atoms in total. The van der Waals surface area contributed by atoms with Crippen molar-refractivity contribution >= 4 is 0 Å². The molecule has 0 aliphatic heterocycles. The number of nitrogens with zero attached hydrogens (tertiary/aromatic N) is 3. The number of aryl methyl sites for hydroxylation is 1. The lowest BCUT2D eigenvalue weighted by Crippen LogP contribution is -1.93. The Kier molecular flexibility index (Phi) is 3.22. The van der Waals surface area contributed by atoms with E-state index in [4.69, 9.17) is 15.3 Å². The zero-order valence-electron chi connectivity index (χ0n) is 9.71. The highest BCUT2D eigenvalue weighted by Crippen LogP contribution is 2.23. The second-order valence-electron chi connectivity index (χ2n) is 3.66. The SMILES string of the molecule is Cc1ccc(C#N)c(Oc2ccc(C#N)cc2)n1. The van der Waals surface area contributed by atoms with E-state index in [1.54, 1.807) is 36.4 Å². The smallest absolute Gasteiger partial charge is 0.237 e. The normalized spacial score (nSPS) is 9.28. The average molecular weight is 235 g/mol. The third-order valence-corrected chi connectivity index (χ3v) is 2.32. The second kappa shape index (κ2) is 4.99. The number of ether oxygens (including phenoxy) is 1. The van der Waals surface area contributed by atoms with Gasteiger partial charge in [-0.25, -0.2) is 4.98 Å². The summed E-state index contributed by atoms with van der Waals surface area (Å²) in [5.74, 6) is 0.825. The first kappa shape index (κ1) is 11.6. The van der Waals surface area contributed by atoms with Crippen LogP contribution in [0.1, 0.15) is 16.8 Å². The van der Waals surface area contributed by atoms with E-state index in [0.29, 0.717) is 16.9 Å². The summed E-state index contributed by atoms with van der Waals surface area (Å²) in [5.41, 5.74) is 1.71. The molecule has 2 rings (SSSR count). The van der Waals surface area contributed by atoms with Gasteiger partial charge in [0, 0.05) is 5.69 Å². The quantitative estimate of drug-likeness (QED) is 0.802. The Balaban J connectivity index is 2.31. The van der Waals surface area contributed by atoms with Crippen molar-refractivity contribution in [2.24, 2.45) is 0 Å². The van der Waals surface area contributed by atoms with Crippen LogP contribution in [0.2, 0.25) is 0 Å². The maximum Gasteiger partial charge on any atom is 0.237 e. The van der Waals surface area contributed by atoms with Crippen molar-refractivity contribution in [1.29, 1.82) is 10.5 Å². The highest BCUT2D eigenvalue weighted by atomic mass is 16.5. The van der Waals surface area contributed by atoms with Crippen molar-refractivity contribution in [3.05, 3.63) is 53.2 Å². The molecule has 0 unspecified atom stereocenters. The molecule has 0 atom stereocenters. The molecule has 0 radical (unpaired) electrons. The van der Waals surface area contributed by atoms with Crippen LogP contribution in [0.15, 0.2) is 36.4 Å². The molecule has 0 spiro atoms. The van der Waals surface area contributed by atoms with Gasteiger partial charge in [-0.15, -0.1) is 0 Å². The first-order chi connectivity index (χ1) is 8.72. The molecule has 2 aromatic rings. The minimum Gasteiger partial charge on any atom is -0.438 e. The van der Waals surface area contributed by atoms with Crippen LogP contribution < -0.4 is 4.74 Å². The van der Waals surface area contributed by atoms with Crippen molar-refractivity contribution in [1.82, 2.24) is 4.98 Å². The van der Waals surface area contributed by atoms with Gasteiger partial charge in [-0.2, -0.15) is 10.5 Å². The van der Waals surface area contributed by atoms with Crippen LogP contribution in [0.4, 0.5) is 0 Å². The highest BCUT2D eigenvalue weighted by Gasteiger charge is 2.06. The Morgan fingerprint density at radius 3 is 2.33 bits per heavy atom. The largest absolute Gasteiger partial charge is 0.438 e. The van der Waals surface area contributed by atoms with E-state index in [-0.39, 0.29) is 5.88 Å². The zero-order valence-corrected chi connectivity index (χ0v) is 9.71. The zero-order chi connectivity index (χ0) is 13.0. The van der Waals surface area contributed by atoms with Gasteiger partial charge in [0.15, 0.2) is 0 Å². The third kappa shape index (κ3) is 2.45. The van der Waals surface area contributed by atoms with E-state index in [9.17, 15) is 0 Å². The topological polar surface area (TPSA) is 69.7 Å². The fourth-order valence-electron chi connectivity index (χ4n) is 1.40. The minimum atomic E-state index is 0.280. The summed E-state index contributed by atoms with van der Waals surface area (Å²) in [7, 11) is 0. The molecule has 0 saturated carbocycles. The van der Waals surface area contributed by atoms with E-state index < -0.39 is 0 Å². The molecule has 0 amide bonds. The monoisotopic (exact) mass is 235 g/mol. The van der Waals surface area contributed by atoms with Crippen molar-refractivity contribution < 1.29 is 4.74 Å². The summed E-state index contributed by atoms with van der Waals surface area (Å²) in [5, 5.41) is 17.6. The number of benzene rings is 1. The molecule has 0 saturated heterocycles. The molecule has 4 heteroatoms. The van der Waals surface area contributed by atoms with E-state index >= 15 is 0 Å². The van der Waals surface area contributed by atoms with Crippen molar-refractivity contribution in [2.45, 2.75) is 6.92 Å². The lowest BCUT2D eigenvalue weighted by molar-refractivity contribution is 0.460. The number of hydrogen-bond donors (Lipinski definition) is 0. The Bertz CT molecular complexity index is 648. The molecule has 0 N–H and O–H groups in total. The first-order valence-electron chi connectivity index (χ1n) is 5.28. The summed E-state index contributed by atoms with van der Waals surface area (Å²) >= 11 is 0. The molecule has 0 bridgehead atoms. The lowest BCUT2D eigenvalue weighted by atomic mass is 10.2. The van der Waals surface area contributed by atoms with Gasteiger partial charge in [-0.1, -0.05) is 0 Å². The van der Waals surface area contributed by atoms with Crippen LogP contribution >= 0.6 is 0 Å². The number of pyridine rings is 1. The van der Waals surface area contributed by atoms with Crippen molar-refractivity contribution in [3.8, 4) is 23.8 Å². The Morgan fingerprint density at radius 2 is 1.72 bits per heavy atom. The van der Waals surface area contributed by atoms with Crippen molar-refractivity contribution in [2.75, 3.05) is 0 Å². The number of aromatic nitrogens is 1. The predicted molar refractivity (Wildman–Crippen MR) is 64.9 cm³/mol. The molecule has 1 aromatic heterocycles. The molecule has 1 heterocycles. The summed E-state index contributed by atoms with van der Waals surface area (Å²) < 4.78 is 5.54. The molecule has 0 fully saturated rings. The van der Waals surface area contributed by atoms with Gasteiger partial charge in [0.1, 0.15) is 17.4 Å². The van der Waals surface area contributed by atoms with Crippen LogP contribution in [-0.2, 0) is 0 Å². The van der Waals surface area contributed by atoms with Crippen LogP contribution in [0, 0.1) is 29.6 Å². The number of nitriles is 2. The molecule has 0 aliphatic carbocycles. The van der Waals surface area contributed by atoms with Gasteiger partial charge in [-0.05, 0) is 43.3 Å². The van der Waals surface area contributed by atoms with Gasteiger partial charge in [-0.3, -0.25) is 0 Å². The fourth-order valence-corrected chi connectivity index (χ4v) is 1.40. The average Bonchev–Trinajstić information content (AvgIpc) is 2.40. The Labute approximate surface area is 105 Å². The predicted octanol–water partition coefficient (Wildman–Crippen LogP) is 2.93. The van der Waals surface area contributed by atoms with E-state index in [0.717, 1.165) is 5.69 Å². The Morgan fingerprint density at radius 1 is 1.00 bits per heavy atom. The maximum atomic E-state index is 8.96. The minimum absolute atomic E-state index is 0.280. The molecule has 86 valence electrons. The van der Waals surface area contributed by atoms with Gasteiger partial charge in [0.2, 0.25) is 5.88 Å². The van der Waals surface area contributed by atoms with Crippen LogP contribution in [-0.4, -0.2) is 4.98 Å². The fraction of sp³-hybridized carbons (Fsp3) is 0.0714. The van der Waals surface area contributed by atoms with E-state index in [1.165, 1.54) is 0 Å². The summed E-state index contributed by atoms with van der Waals surface area (Å²) in [6.45, 7) is 1.83. The van der Waals surface area contributed by atoms with Crippen LogP contribution in [0.25, 0.3) is 0 Å². The third-order valence-electron chi connectivity index (χ3n) is 2.32. The standard InChI is InChI=1S/C14H9N3O/c1-10-2-5-12(9-16)14(17-10)18-13-6-3-11(8-15)4-7-13/h2-7H,1H3. The van der Waals surface area contributed by atoms with Gasteiger partial charge in [0.25, 0.3) is 0 Å². The second-order valence-corrected chi connectivity index (χ2v) is 3.66. The molecule has 0 aliphatic rings. The van der Waals surface area contributed by atoms with E-state index in [2.05, 4.69) is 4.98 Å². The van der Waals surface area contributed by atoms with Gasteiger partial charge < -0.3 is 4.74 Å². The Hall–Kier alpha value is -2.85. The molecular weight excluding hydrogens is 226 g/mol. The first-order valence-corrected chi connectivity index (χ1v) is 5.28. The number of hydrogen-bond acceptors (Lipinski definition) is 4. The maximum absolute atomic E-state index is 8.96. The summed E-state index contributed by atoms with van der Waals surface area (Å²) in [6.07, 6.45) is 0. The van der Waals surface area contributed by atoms with Crippen LogP contribution in [0.3, 0.4) is 0 Å². The summed E-state index contributed by atoms with van der Waals surface area (Å²) in [6, 6.07) is 14.1. The number of rotatable bonds is 2. The van der Waals surface area contributed by atoms with Gasteiger partial charge >= 0.3 is 0 Å². The summed E-state index contributed by atoms with van der Waals surface area (Å²) in [4.78, 5) is 4.17. The van der Waals surface area contributed by atoms with Gasteiger partial charge in [0.05, 0.1) is 11.6 Å². The highest BCUT2D eigenvalue weighted by molar-refractivity contribution is 5.42. The van der Waals surface area contributed by atoms with Crippen LogP contribution in [0.5, 0.6) is 11.6 Å². The lowest BCUT2D eigenvalue weighted by Gasteiger charge is -2.06. The molecular formula is C14H9N3O.